The lowest BCUT2D eigenvalue weighted by Crippen LogP contribution is -2.44. The Balaban J connectivity index is 1.45. The summed E-state index contributed by atoms with van der Waals surface area (Å²) in [5.74, 6) is 3.08. The van der Waals surface area contributed by atoms with E-state index in [-0.39, 0.29) is 0 Å². The summed E-state index contributed by atoms with van der Waals surface area (Å²) in [4.78, 5) is 14.2. The monoisotopic (exact) mass is 425 g/mol. The smallest absolute Gasteiger partial charge is 0.156 e. The fourth-order valence-corrected chi connectivity index (χ4v) is 3.88. The highest BCUT2D eigenvalue weighted by molar-refractivity contribution is 5.85. The zero-order valence-electron chi connectivity index (χ0n) is 18.4. The average Bonchev–Trinajstić information content (AvgIpc) is 3.22. The zero-order valence-corrected chi connectivity index (χ0v) is 18.4. The first-order valence-electron chi connectivity index (χ1n) is 10.9. The number of rotatable bonds is 5. The van der Waals surface area contributed by atoms with E-state index in [2.05, 4.69) is 80.9 Å². The van der Waals surface area contributed by atoms with Crippen LogP contribution in [0.2, 0.25) is 0 Å². The normalized spacial score (nSPS) is 15.0. The van der Waals surface area contributed by atoms with Gasteiger partial charge in [0.15, 0.2) is 11.6 Å². The Morgan fingerprint density at radius 1 is 0.875 bits per heavy atom. The van der Waals surface area contributed by atoms with Crippen LogP contribution >= 0.6 is 0 Å². The van der Waals surface area contributed by atoms with Crippen LogP contribution in [0.5, 0.6) is 0 Å². The van der Waals surface area contributed by atoms with Crippen molar-refractivity contribution in [1.82, 2.24) is 25.1 Å². The number of aromatic nitrogens is 4. The third-order valence-electron chi connectivity index (χ3n) is 5.72. The van der Waals surface area contributed by atoms with Gasteiger partial charge < -0.3 is 15.1 Å². The number of piperazine rings is 1. The highest BCUT2D eigenvalue weighted by atomic mass is 15.3. The van der Waals surface area contributed by atoms with Crippen LogP contribution < -0.4 is 10.2 Å². The molecule has 1 saturated heterocycles. The van der Waals surface area contributed by atoms with Crippen molar-refractivity contribution < 1.29 is 0 Å². The van der Waals surface area contributed by atoms with Crippen molar-refractivity contribution in [2.75, 3.05) is 43.4 Å². The van der Waals surface area contributed by atoms with Crippen LogP contribution in [0.15, 0.2) is 54.6 Å². The standard InChI is InChI=1S/C25H27N7/c1-18-15-24(30-29-18)27-23-17-25(32-13-11-31(2)12-14-32)28-22(26-23)10-8-19-7-9-20-5-3-4-6-21(20)16-19/h3-10,15-17H,11-14H2,1-2H3,(H2,26,27,28,29,30). The van der Waals surface area contributed by atoms with E-state index in [4.69, 9.17) is 9.97 Å². The van der Waals surface area contributed by atoms with Crippen LogP contribution in [-0.2, 0) is 0 Å². The summed E-state index contributed by atoms with van der Waals surface area (Å²) >= 11 is 0. The molecule has 5 rings (SSSR count). The van der Waals surface area contributed by atoms with E-state index in [1.807, 2.05) is 25.1 Å². The molecule has 7 nitrogen and oxygen atoms in total. The fourth-order valence-electron chi connectivity index (χ4n) is 3.88. The lowest BCUT2D eigenvalue weighted by Gasteiger charge is -2.33. The molecule has 2 N–H and O–H groups in total. The lowest BCUT2D eigenvalue weighted by molar-refractivity contribution is 0.312. The van der Waals surface area contributed by atoms with Gasteiger partial charge in [0.1, 0.15) is 11.6 Å². The molecule has 0 unspecified atom stereocenters. The number of nitrogens with one attached hydrogen (secondary N) is 2. The van der Waals surface area contributed by atoms with E-state index in [0.717, 1.165) is 54.9 Å². The number of H-pyrrole nitrogens is 1. The molecule has 0 radical (unpaired) electrons. The van der Waals surface area contributed by atoms with Gasteiger partial charge in [-0.05, 0) is 42.4 Å². The second-order valence-corrected chi connectivity index (χ2v) is 8.26. The Morgan fingerprint density at radius 2 is 1.69 bits per heavy atom. The Morgan fingerprint density at radius 3 is 2.47 bits per heavy atom. The van der Waals surface area contributed by atoms with Gasteiger partial charge in [-0.25, -0.2) is 9.97 Å². The highest BCUT2D eigenvalue weighted by Gasteiger charge is 2.17. The molecule has 2 aromatic carbocycles. The Hall–Kier alpha value is -3.71. The van der Waals surface area contributed by atoms with Crippen molar-refractivity contribution in [1.29, 1.82) is 0 Å². The minimum Gasteiger partial charge on any atom is -0.354 e. The number of hydrogen-bond donors (Lipinski definition) is 2. The maximum atomic E-state index is 4.85. The van der Waals surface area contributed by atoms with E-state index >= 15 is 0 Å². The van der Waals surface area contributed by atoms with Crippen LogP contribution in [0.25, 0.3) is 22.9 Å². The number of fused-ring (bicyclic) bond motifs is 1. The molecular weight excluding hydrogens is 398 g/mol. The van der Waals surface area contributed by atoms with E-state index < -0.39 is 0 Å². The second kappa shape index (κ2) is 8.80. The van der Waals surface area contributed by atoms with Crippen molar-refractivity contribution in [3.63, 3.8) is 0 Å². The number of benzene rings is 2. The van der Waals surface area contributed by atoms with Gasteiger partial charge in [0, 0.05) is 44.0 Å². The molecule has 0 spiro atoms. The largest absolute Gasteiger partial charge is 0.354 e. The number of hydrogen-bond acceptors (Lipinski definition) is 6. The first kappa shape index (κ1) is 20.2. The summed E-state index contributed by atoms with van der Waals surface area (Å²) in [6, 6.07) is 18.8. The molecule has 0 atom stereocenters. The molecular formula is C25H27N7. The quantitative estimate of drug-likeness (QED) is 0.496. The zero-order chi connectivity index (χ0) is 21.9. The summed E-state index contributed by atoms with van der Waals surface area (Å²) in [5, 5.41) is 13.0. The fraction of sp³-hybridized carbons (Fsp3) is 0.240. The van der Waals surface area contributed by atoms with Gasteiger partial charge in [-0.2, -0.15) is 5.10 Å². The number of likely N-dealkylation sites (N-methyl/N-ethyl adjacent to an activating group) is 1. The lowest BCUT2D eigenvalue weighted by atomic mass is 10.1. The topological polar surface area (TPSA) is 73.0 Å². The first-order chi connectivity index (χ1) is 15.6. The van der Waals surface area contributed by atoms with Crippen molar-refractivity contribution in [3.8, 4) is 0 Å². The predicted octanol–water partition coefficient (Wildman–Crippen LogP) is 4.33. The maximum absolute atomic E-state index is 4.85. The molecule has 0 amide bonds. The molecule has 1 aliphatic heterocycles. The molecule has 2 aromatic heterocycles. The van der Waals surface area contributed by atoms with E-state index in [0.29, 0.717) is 5.82 Å². The van der Waals surface area contributed by atoms with Gasteiger partial charge in [-0.3, -0.25) is 5.10 Å². The van der Waals surface area contributed by atoms with Gasteiger partial charge in [0.25, 0.3) is 0 Å². The summed E-state index contributed by atoms with van der Waals surface area (Å²) in [6.07, 6.45) is 4.04. The van der Waals surface area contributed by atoms with Gasteiger partial charge in [-0.1, -0.05) is 42.5 Å². The molecule has 3 heterocycles. The number of aromatic amines is 1. The van der Waals surface area contributed by atoms with Gasteiger partial charge >= 0.3 is 0 Å². The van der Waals surface area contributed by atoms with E-state index in [1.165, 1.54) is 10.8 Å². The van der Waals surface area contributed by atoms with Gasteiger partial charge in [-0.15, -0.1) is 0 Å². The van der Waals surface area contributed by atoms with Crippen molar-refractivity contribution >= 4 is 40.4 Å². The van der Waals surface area contributed by atoms with Crippen LogP contribution in [-0.4, -0.2) is 58.3 Å². The summed E-state index contributed by atoms with van der Waals surface area (Å²) in [7, 11) is 2.15. The third-order valence-corrected chi connectivity index (χ3v) is 5.72. The first-order valence-corrected chi connectivity index (χ1v) is 10.9. The van der Waals surface area contributed by atoms with Crippen molar-refractivity contribution in [2.45, 2.75) is 6.92 Å². The molecule has 0 aliphatic carbocycles. The van der Waals surface area contributed by atoms with Crippen LogP contribution in [0, 0.1) is 6.92 Å². The minimum atomic E-state index is 0.671. The molecule has 0 saturated carbocycles. The maximum Gasteiger partial charge on any atom is 0.156 e. The summed E-state index contributed by atoms with van der Waals surface area (Å²) in [6.45, 7) is 5.91. The molecule has 4 aromatic rings. The highest BCUT2D eigenvalue weighted by Crippen LogP contribution is 2.22. The number of anilines is 3. The molecule has 162 valence electrons. The summed E-state index contributed by atoms with van der Waals surface area (Å²) in [5.41, 5.74) is 2.12. The summed E-state index contributed by atoms with van der Waals surface area (Å²) < 4.78 is 0. The molecule has 0 bridgehead atoms. The van der Waals surface area contributed by atoms with E-state index in [1.54, 1.807) is 0 Å². The van der Waals surface area contributed by atoms with Crippen LogP contribution in [0.4, 0.5) is 17.5 Å². The Bertz CT molecular complexity index is 1250. The minimum absolute atomic E-state index is 0.671. The van der Waals surface area contributed by atoms with Gasteiger partial charge in [0.2, 0.25) is 0 Å². The van der Waals surface area contributed by atoms with Gasteiger partial charge in [0.05, 0.1) is 0 Å². The predicted molar refractivity (Wildman–Crippen MR) is 131 cm³/mol. The average molecular weight is 426 g/mol. The molecule has 32 heavy (non-hydrogen) atoms. The number of aryl methyl sites for hydroxylation is 1. The second-order valence-electron chi connectivity index (χ2n) is 8.26. The Kier molecular flexibility index (Phi) is 5.56. The third kappa shape index (κ3) is 4.63. The SMILES string of the molecule is Cc1cc(Nc2cc(N3CCN(C)CC3)nc(C=Cc3ccc4ccccc4c3)n2)n[nH]1. The van der Waals surface area contributed by atoms with Crippen molar-refractivity contribution in [2.24, 2.45) is 0 Å². The van der Waals surface area contributed by atoms with E-state index in [9.17, 15) is 0 Å². The molecule has 1 aliphatic rings. The van der Waals surface area contributed by atoms with Crippen LogP contribution in [0.3, 0.4) is 0 Å². The number of nitrogens with zero attached hydrogens (tertiary/aromatic N) is 5. The molecule has 1 fully saturated rings. The molecule has 7 heteroatoms. The Labute approximate surface area is 187 Å². The van der Waals surface area contributed by atoms with Crippen LogP contribution in [0.1, 0.15) is 17.1 Å². The van der Waals surface area contributed by atoms with Crippen molar-refractivity contribution in [3.05, 3.63) is 71.7 Å².